The summed E-state index contributed by atoms with van der Waals surface area (Å²) in [5, 5.41) is 10.4. The summed E-state index contributed by atoms with van der Waals surface area (Å²) in [5.41, 5.74) is -3.31. The summed E-state index contributed by atoms with van der Waals surface area (Å²) in [5.74, 6) is -0.611. The first-order valence-electron chi connectivity index (χ1n) is 5.65. The van der Waals surface area contributed by atoms with E-state index in [0.29, 0.717) is 34.1 Å². The first-order chi connectivity index (χ1) is 10.00. The number of nitrogens with zero attached hydrogens (tertiary/aromatic N) is 1. The van der Waals surface area contributed by atoms with Gasteiger partial charge in [0.2, 0.25) is 5.88 Å². The van der Waals surface area contributed by atoms with Crippen molar-refractivity contribution in [2.24, 2.45) is 0 Å². The predicted molar refractivity (Wildman–Crippen MR) is 65.8 cm³/mol. The Morgan fingerprint density at radius 3 is 2.18 bits per heavy atom. The molecule has 22 heavy (non-hydrogen) atoms. The second kappa shape index (κ2) is 5.34. The fourth-order valence-electron chi connectivity index (χ4n) is 1.82. The monoisotopic (exact) mass is 343 g/mol. The van der Waals surface area contributed by atoms with Gasteiger partial charge in [-0.05, 0) is 23.8 Å². The number of hydrogen-bond acceptors (Lipinski definition) is 3. The molecule has 1 aromatic heterocycles. The highest BCUT2D eigenvalue weighted by atomic mass is 32.1. The number of aromatic nitrogens is 1. The molecule has 0 bridgehead atoms. The van der Waals surface area contributed by atoms with Gasteiger partial charge in [-0.1, -0.05) is 11.3 Å². The minimum Gasteiger partial charge on any atom is -0.494 e. The molecule has 0 aliphatic rings. The second-order valence-corrected chi connectivity index (χ2v) is 5.13. The van der Waals surface area contributed by atoms with Crippen molar-refractivity contribution < 1.29 is 31.4 Å². The Balaban J connectivity index is 2.58. The lowest BCUT2D eigenvalue weighted by atomic mass is 10.0. The summed E-state index contributed by atoms with van der Waals surface area (Å²) in [4.78, 5) is 10.6. The van der Waals surface area contributed by atoms with Crippen LogP contribution < -0.4 is 4.87 Å². The number of halogens is 6. The van der Waals surface area contributed by atoms with Gasteiger partial charge in [-0.25, -0.2) is 0 Å². The van der Waals surface area contributed by atoms with Crippen LogP contribution in [0.3, 0.4) is 0 Å². The van der Waals surface area contributed by atoms with E-state index in [2.05, 4.69) is 0 Å². The van der Waals surface area contributed by atoms with Crippen LogP contribution in [0.2, 0.25) is 0 Å². The third-order valence-corrected chi connectivity index (χ3v) is 3.58. The van der Waals surface area contributed by atoms with Crippen LogP contribution in [-0.4, -0.2) is 9.67 Å². The average Bonchev–Trinajstić information content (AvgIpc) is 2.68. The molecule has 0 aliphatic carbocycles. The number of aromatic hydroxyl groups is 1. The Morgan fingerprint density at radius 2 is 1.73 bits per heavy atom. The molecule has 2 aromatic rings. The standard InChI is InChI=1S/C12H7F6NO2S/c13-11(14,15)7-1-2-8(12(16,17)18)6(3-7)4-19-9(20)5-22-10(19)21/h1-3,5,20H,4H2. The molecule has 0 saturated heterocycles. The van der Waals surface area contributed by atoms with Crippen molar-refractivity contribution in [3.05, 3.63) is 49.9 Å². The van der Waals surface area contributed by atoms with E-state index in [1.54, 1.807) is 0 Å². The van der Waals surface area contributed by atoms with Gasteiger partial charge >= 0.3 is 17.2 Å². The van der Waals surface area contributed by atoms with Gasteiger partial charge < -0.3 is 5.11 Å². The lowest BCUT2D eigenvalue weighted by molar-refractivity contribution is -0.141. The summed E-state index contributed by atoms with van der Waals surface area (Å²) < 4.78 is 77.1. The first kappa shape index (κ1) is 16.4. The largest absolute Gasteiger partial charge is 0.494 e. The smallest absolute Gasteiger partial charge is 0.416 e. The van der Waals surface area contributed by atoms with Crippen LogP contribution in [0.25, 0.3) is 0 Å². The van der Waals surface area contributed by atoms with Gasteiger partial charge in [-0.15, -0.1) is 0 Å². The van der Waals surface area contributed by atoms with Crippen LogP contribution in [0, 0.1) is 0 Å². The van der Waals surface area contributed by atoms with Crippen molar-refractivity contribution in [3.8, 4) is 5.88 Å². The van der Waals surface area contributed by atoms with Gasteiger partial charge in [0, 0.05) is 0 Å². The highest BCUT2D eigenvalue weighted by Gasteiger charge is 2.37. The van der Waals surface area contributed by atoms with Gasteiger partial charge in [0.05, 0.1) is 23.1 Å². The molecule has 10 heteroatoms. The van der Waals surface area contributed by atoms with Crippen molar-refractivity contribution in [2.75, 3.05) is 0 Å². The van der Waals surface area contributed by atoms with Crippen molar-refractivity contribution >= 4 is 11.3 Å². The third kappa shape index (κ3) is 3.26. The number of thiazole rings is 1. The molecule has 1 heterocycles. The minimum absolute atomic E-state index is 0.312. The maximum Gasteiger partial charge on any atom is 0.416 e. The van der Waals surface area contributed by atoms with Crippen LogP contribution >= 0.6 is 11.3 Å². The van der Waals surface area contributed by atoms with Gasteiger partial charge in [-0.2, -0.15) is 26.3 Å². The molecular weight excluding hydrogens is 336 g/mol. The number of rotatable bonds is 2. The minimum atomic E-state index is -4.88. The van der Waals surface area contributed by atoms with Crippen molar-refractivity contribution in [1.29, 1.82) is 0 Å². The van der Waals surface area contributed by atoms with Gasteiger partial charge in [0.15, 0.2) is 0 Å². The Morgan fingerprint density at radius 1 is 1.09 bits per heavy atom. The Hall–Kier alpha value is -1.97. The summed E-state index contributed by atoms with van der Waals surface area (Å²) in [6.45, 7) is -0.813. The van der Waals surface area contributed by atoms with Crippen LogP contribution in [-0.2, 0) is 18.9 Å². The van der Waals surface area contributed by atoms with Crippen LogP contribution in [0.15, 0.2) is 28.4 Å². The molecule has 0 atom stereocenters. The van der Waals surface area contributed by atoms with Gasteiger partial charge in [0.1, 0.15) is 0 Å². The lowest BCUT2D eigenvalue weighted by Crippen LogP contribution is -2.18. The number of benzene rings is 1. The second-order valence-electron chi connectivity index (χ2n) is 4.31. The molecule has 120 valence electrons. The quantitative estimate of drug-likeness (QED) is 0.845. The van der Waals surface area contributed by atoms with Crippen molar-refractivity contribution in [3.63, 3.8) is 0 Å². The highest BCUT2D eigenvalue weighted by Crippen LogP contribution is 2.37. The Bertz CT molecular complexity index is 743. The van der Waals surface area contributed by atoms with E-state index in [4.69, 9.17) is 0 Å². The summed E-state index contributed by atoms with van der Waals surface area (Å²) >= 11 is 0.527. The average molecular weight is 343 g/mol. The maximum atomic E-state index is 12.9. The van der Waals surface area contributed by atoms with Gasteiger partial charge in [0.25, 0.3) is 0 Å². The van der Waals surface area contributed by atoms with E-state index < -0.39 is 46.3 Å². The van der Waals surface area contributed by atoms with E-state index in [0.717, 1.165) is 5.38 Å². The Labute approximate surface area is 123 Å². The first-order valence-corrected chi connectivity index (χ1v) is 6.52. The van der Waals surface area contributed by atoms with Crippen LogP contribution in [0.5, 0.6) is 5.88 Å². The molecular formula is C12H7F6NO2S. The van der Waals surface area contributed by atoms with E-state index in [-0.39, 0.29) is 0 Å². The predicted octanol–water partition coefficient (Wildman–Crippen LogP) is 3.70. The molecule has 1 N–H and O–H groups in total. The van der Waals surface area contributed by atoms with Crippen molar-refractivity contribution in [1.82, 2.24) is 4.57 Å². The van der Waals surface area contributed by atoms with E-state index >= 15 is 0 Å². The van der Waals surface area contributed by atoms with E-state index in [1.807, 2.05) is 0 Å². The summed E-state index contributed by atoms with van der Waals surface area (Å²) in [6, 6.07) is 0.960. The fourth-order valence-corrected chi connectivity index (χ4v) is 2.44. The number of hydrogen-bond donors (Lipinski definition) is 1. The zero-order valence-electron chi connectivity index (χ0n) is 10.5. The lowest BCUT2D eigenvalue weighted by Gasteiger charge is -2.16. The third-order valence-electron chi connectivity index (χ3n) is 2.83. The molecule has 0 fully saturated rings. The zero-order chi connectivity index (χ0) is 16.7. The SMILES string of the molecule is O=c1scc(O)n1Cc1cc(C(F)(F)F)ccc1C(F)(F)F. The molecule has 0 saturated carbocycles. The molecule has 2 rings (SSSR count). The molecule has 3 nitrogen and oxygen atoms in total. The summed E-state index contributed by atoms with van der Waals surface area (Å²) in [7, 11) is 0. The Kier molecular flexibility index (Phi) is 3.98. The molecule has 1 aromatic carbocycles. The normalized spacial score (nSPS) is 12.6. The molecule has 0 aliphatic heterocycles. The van der Waals surface area contributed by atoms with Crippen molar-refractivity contribution in [2.45, 2.75) is 18.9 Å². The maximum absolute atomic E-state index is 12.9. The molecule has 0 amide bonds. The van der Waals surface area contributed by atoms with Gasteiger partial charge in [-0.3, -0.25) is 9.36 Å². The van der Waals surface area contributed by atoms with E-state index in [1.165, 1.54) is 0 Å². The van der Waals surface area contributed by atoms with Crippen LogP contribution in [0.4, 0.5) is 26.3 Å². The topological polar surface area (TPSA) is 42.2 Å². The number of alkyl halides is 6. The molecule has 0 radical (unpaired) electrons. The fraction of sp³-hybridized carbons (Fsp3) is 0.250. The van der Waals surface area contributed by atoms with Crippen LogP contribution in [0.1, 0.15) is 16.7 Å². The zero-order valence-corrected chi connectivity index (χ0v) is 11.3. The highest BCUT2D eigenvalue weighted by molar-refractivity contribution is 7.07. The summed E-state index contributed by atoms with van der Waals surface area (Å²) in [6.07, 6.45) is -9.70. The van der Waals surface area contributed by atoms with E-state index in [9.17, 15) is 36.2 Å². The molecule has 0 unspecified atom stereocenters. The molecule has 0 spiro atoms.